The first-order valence-corrected chi connectivity index (χ1v) is 9.54. The van der Waals surface area contributed by atoms with Crippen molar-refractivity contribution in [3.63, 3.8) is 0 Å². The second kappa shape index (κ2) is 9.32. The van der Waals surface area contributed by atoms with Gasteiger partial charge in [0.25, 0.3) is 0 Å². The number of carbonyl (C=O) groups excluding carboxylic acids is 1. The molecular formula is C20H30N2O3. The molecule has 2 N–H and O–H groups in total. The van der Waals surface area contributed by atoms with Crippen LogP contribution in [0.3, 0.4) is 0 Å². The third-order valence-corrected chi connectivity index (χ3v) is 5.16. The number of nitrogens with zero attached hydrogens (tertiary/aromatic N) is 1. The lowest BCUT2D eigenvalue weighted by molar-refractivity contribution is -0.136. The molecule has 1 aromatic carbocycles. The van der Waals surface area contributed by atoms with Gasteiger partial charge in [-0.2, -0.15) is 0 Å². The fraction of sp³-hybridized carbons (Fsp3) is 0.650. The number of benzene rings is 1. The summed E-state index contributed by atoms with van der Waals surface area (Å²) in [5, 5.41) is 0. The Hall–Kier alpha value is -1.43. The van der Waals surface area contributed by atoms with E-state index >= 15 is 0 Å². The molecule has 25 heavy (non-hydrogen) atoms. The molecule has 1 aromatic rings. The van der Waals surface area contributed by atoms with Gasteiger partial charge in [0.05, 0.1) is 24.9 Å². The van der Waals surface area contributed by atoms with E-state index < -0.39 is 6.04 Å². The molecule has 1 unspecified atom stereocenters. The molecule has 2 heterocycles. The van der Waals surface area contributed by atoms with Crippen LogP contribution in [-0.4, -0.2) is 55.4 Å². The number of likely N-dealkylation sites (tertiary alicyclic amines) is 1. The van der Waals surface area contributed by atoms with Crippen LogP contribution in [0.2, 0.25) is 0 Å². The predicted molar refractivity (Wildman–Crippen MR) is 97.3 cm³/mol. The number of hydrogen-bond donors (Lipinski definition) is 1. The van der Waals surface area contributed by atoms with Crippen LogP contribution in [0.4, 0.5) is 0 Å². The molecule has 0 aliphatic carbocycles. The molecule has 0 aromatic heterocycles. The number of ether oxygens (including phenoxy) is 2. The fourth-order valence-electron chi connectivity index (χ4n) is 3.61. The lowest BCUT2D eigenvalue weighted by Gasteiger charge is -2.34. The standard InChI is InChI=1S/C20H30N2O3/c21-19(14-16-6-2-1-3-7-16)20(23)22-11-9-17(10-12-22)25-15-18-8-4-5-13-24-18/h1-3,6-7,17-19H,4-5,8-15,21H2/t18?,19-/m0/s1. The average molecular weight is 346 g/mol. The van der Waals surface area contributed by atoms with Crippen molar-refractivity contribution in [1.29, 1.82) is 0 Å². The molecule has 2 aliphatic rings. The summed E-state index contributed by atoms with van der Waals surface area (Å²) in [6, 6.07) is 9.49. The zero-order chi connectivity index (χ0) is 17.5. The second-order valence-corrected chi connectivity index (χ2v) is 7.14. The molecule has 2 saturated heterocycles. The molecule has 5 heteroatoms. The van der Waals surface area contributed by atoms with Gasteiger partial charge in [-0.15, -0.1) is 0 Å². The largest absolute Gasteiger partial charge is 0.376 e. The number of piperidine rings is 1. The minimum atomic E-state index is -0.462. The number of amides is 1. The Morgan fingerprint density at radius 3 is 2.64 bits per heavy atom. The Morgan fingerprint density at radius 2 is 1.96 bits per heavy atom. The first-order chi connectivity index (χ1) is 12.2. The van der Waals surface area contributed by atoms with Crippen LogP contribution in [0.15, 0.2) is 30.3 Å². The summed E-state index contributed by atoms with van der Waals surface area (Å²) in [5.41, 5.74) is 7.24. The molecule has 138 valence electrons. The van der Waals surface area contributed by atoms with Gasteiger partial charge in [0.15, 0.2) is 0 Å². The van der Waals surface area contributed by atoms with Gasteiger partial charge < -0.3 is 20.1 Å². The van der Waals surface area contributed by atoms with E-state index in [4.69, 9.17) is 15.2 Å². The van der Waals surface area contributed by atoms with Gasteiger partial charge in [-0.05, 0) is 44.1 Å². The van der Waals surface area contributed by atoms with Crippen molar-refractivity contribution >= 4 is 5.91 Å². The topological polar surface area (TPSA) is 64.8 Å². The van der Waals surface area contributed by atoms with Gasteiger partial charge in [-0.1, -0.05) is 30.3 Å². The molecule has 2 atom stereocenters. The summed E-state index contributed by atoms with van der Waals surface area (Å²) >= 11 is 0. The van der Waals surface area contributed by atoms with E-state index in [0.717, 1.165) is 44.5 Å². The zero-order valence-electron chi connectivity index (χ0n) is 14.9. The Balaban J connectivity index is 1.38. The number of hydrogen-bond acceptors (Lipinski definition) is 4. The van der Waals surface area contributed by atoms with Crippen LogP contribution in [0.5, 0.6) is 0 Å². The minimum Gasteiger partial charge on any atom is -0.376 e. The maximum atomic E-state index is 12.6. The van der Waals surface area contributed by atoms with Crippen molar-refractivity contribution in [1.82, 2.24) is 4.90 Å². The molecule has 5 nitrogen and oxygen atoms in total. The molecule has 0 spiro atoms. The lowest BCUT2D eigenvalue weighted by atomic mass is 10.0. The summed E-state index contributed by atoms with van der Waals surface area (Å²) < 4.78 is 11.7. The highest BCUT2D eigenvalue weighted by Gasteiger charge is 2.27. The van der Waals surface area contributed by atoms with Gasteiger partial charge in [0.2, 0.25) is 5.91 Å². The summed E-state index contributed by atoms with van der Waals surface area (Å²) in [6.45, 7) is 3.02. The van der Waals surface area contributed by atoms with E-state index in [0.29, 0.717) is 13.0 Å². The van der Waals surface area contributed by atoms with E-state index in [1.165, 1.54) is 12.8 Å². The Bertz CT molecular complexity index is 523. The highest BCUT2D eigenvalue weighted by Crippen LogP contribution is 2.18. The summed E-state index contributed by atoms with van der Waals surface area (Å²) in [6.07, 6.45) is 6.36. The summed E-state index contributed by atoms with van der Waals surface area (Å²) in [4.78, 5) is 14.4. The summed E-state index contributed by atoms with van der Waals surface area (Å²) in [5.74, 6) is 0.0536. The van der Waals surface area contributed by atoms with E-state index in [9.17, 15) is 4.79 Å². The van der Waals surface area contributed by atoms with Crippen LogP contribution in [0.25, 0.3) is 0 Å². The normalized spacial score (nSPS) is 23.4. The number of carbonyl (C=O) groups is 1. The van der Waals surface area contributed by atoms with Crippen LogP contribution >= 0.6 is 0 Å². The van der Waals surface area contributed by atoms with Crippen molar-refractivity contribution in [3.8, 4) is 0 Å². The van der Waals surface area contributed by atoms with Gasteiger partial charge >= 0.3 is 0 Å². The highest BCUT2D eigenvalue weighted by molar-refractivity contribution is 5.82. The van der Waals surface area contributed by atoms with Crippen molar-refractivity contribution in [2.24, 2.45) is 5.73 Å². The molecular weight excluding hydrogens is 316 g/mol. The number of nitrogens with two attached hydrogens (primary N) is 1. The van der Waals surface area contributed by atoms with E-state index in [-0.39, 0.29) is 18.1 Å². The average Bonchev–Trinajstić information content (AvgIpc) is 2.68. The Labute approximate surface area is 150 Å². The van der Waals surface area contributed by atoms with Gasteiger partial charge in [0, 0.05) is 19.7 Å². The molecule has 3 rings (SSSR count). The molecule has 0 bridgehead atoms. The summed E-state index contributed by atoms with van der Waals surface area (Å²) in [7, 11) is 0. The van der Waals surface area contributed by atoms with Crippen LogP contribution in [0.1, 0.15) is 37.7 Å². The van der Waals surface area contributed by atoms with Crippen LogP contribution in [0, 0.1) is 0 Å². The SMILES string of the molecule is N[C@@H](Cc1ccccc1)C(=O)N1CCC(OCC2CCCCO2)CC1. The van der Waals surface area contributed by atoms with E-state index in [2.05, 4.69) is 0 Å². The van der Waals surface area contributed by atoms with Gasteiger partial charge in [-0.25, -0.2) is 0 Å². The van der Waals surface area contributed by atoms with Crippen molar-refractivity contribution in [3.05, 3.63) is 35.9 Å². The predicted octanol–water partition coefficient (Wildman–Crippen LogP) is 2.13. The maximum Gasteiger partial charge on any atom is 0.239 e. The highest BCUT2D eigenvalue weighted by atomic mass is 16.5. The molecule has 2 aliphatic heterocycles. The van der Waals surface area contributed by atoms with Crippen LogP contribution < -0.4 is 5.73 Å². The third kappa shape index (κ3) is 5.53. The second-order valence-electron chi connectivity index (χ2n) is 7.14. The van der Waals surface area contributed by atoms with Crippen molar-refractivity contribution in [2.45, 2.75) is 56.8 Å². The molecule has 2 fully saturated rings. The first kappa shape index (κ1) is 18.4. The third-order valence-electron chi connectivity index (χ3n) is 5.16. The Morgan fingerprint density at radius 1 is 1.20 bits per heavy atom. The Kier molecular flexibility index (Phi) is 6.84. The van der Waals surface area contributed by atoms with Gasteiger partial charge in [0.1, 0.15) is 0 Å². The zero-order valence-corrected chi connectivity index (χ0v) is 14.9. The maximum absolute atomic E-state index is 12.6. The molecule has 1 amide bonds. The first-order valence-electron chi connectivity index (χ1n) is 9.54. The lowest BCUT2D eigenvalue weighted by Crippen LogP contribution is -2.49. The van der Waals surface area contributed by atoms with Crippen LogP contribution in [-0.2, 0) is 20.7 Å². The van der Waals surface area contributed by atoms with Crippen molar-refractivity contribution in [2.75, 3.05) is 26.3 Å². The smallest absolute Gasteiger partial charge is 0.239 e. The molecule has 0 saturated carbocycles. The monoisotopic (exact) mass is 346 g/mol. The molecule has 0 radical (unpaired) electrons. The minimum absolute atomic E-state index is 0.0536. The van der Waals surface area contributed by atoms with Crippen molar-refractivity contribution < 1.29 is 14.3 Å². The van der Waals surface area contributed by atoms with E-state index in [1.54, 1.807) is 0 Å². The van der Waals surface area contributed by atoms with E-state index in [1.807, 2.05) is 35.2 Å². The fourth-order valence-corrected chi connectivity index (χ4v) is 3.61. The number of rotatable bonds is 6. The van der Waals surface area contributed by atoms with Gasteiger partial charge in [-0.3, -0.25) is 4.79 Å². The quantitative estimate of drug-likeness (QED) is 0.857.